The van der Waals surface area contributed by atoms with E-state index in [1.165, 1.54) is 13.8 Å². The van der Waals surface area contributed by atoms with Crippen LogP contribution in [-0.2, 0) is 54.3 Å². The van der Waals surface area contributed by atoms with Crippen molar-refractivity contribution in [1.82, 2.24) is 19.1 Å². The molecule has 0 amide bonds. The highest BCUT2D eigenvalue weighted by molar-refractivity contribution is 7.61. The average molecular weight is 592 g/mol. The van der Waals surface area contributed by atoms with E-state index in [2.05, 4.69) is 18.8 Å². The standard InChI is InChI=1S/C17H21F3N4O12P2/c1-16(2)34-10-8-5-32-38(28,29)36-37(26,27)31-4-3-30-7-23-6-21-12-9(13(23)25)22-15(17(18,19)20)24(12)14(33-8)11(10)35-16/h6,8,10-11,14H,3-5,7H2,1-2H3,(H,26,27)(H,28,29)/t8-,10-,11-,14-/m1/s1. The van der Waals surface area contributed by atoms with E-state index in [4.69, 9.17) is 23.5 Å². The molecule has 2 N–H and O–H groups in total. The first-order chi connectivity index (χ1) is 17.6. The van der Waals surface area contributed by atoms with Crippen LogP contribution in [0.4, 0.5) is 13.2 Å². The van der Waals surface area contributed by atoms with Crippen molar-refractivity contribution in [2.45, 2.75) is 57.1 Å². The number of hydrogen-bond acceptors (Lipinski definition) is 12. The van der Waals surface area contributed by atoms with Gasteiger partial charge in [-0.05, 0) is 13.8 Å². The highest BCUT2D eigenvalue weighted by Crippen LogP contribution is 2.60. The largest absolute Gasteiger partial charge is 0.481 e. The van der Waals surface area contributed by atoms with Crippen molar-refractivity contribution in [3.8, 4) is 0 Å². The first kappa shape index (κ1) is 27.8. The molecule has 4 aliphatic heterocycles. The van der Waals surface area contributed by atoms with Gasteiger partial charge in [0.2, 0.25) is 5.82 Å². The topological polar surface area (TPSA) is 192 Å². The second-order valence-electron chi connectivity index (χ2n) is 8.81. The van der Waals surface area contributed by atoms with Crippen molar-refractivity contribution in [2.75, 3.05) is 19.8 Å². The van der Waals surface area contributed by atoms with Crippen molar-refractivity contribution in [3.05, 3.63) is 22.5 Å². The zero-order chi connectivity index (χ0) is 27.7. The fraction of sp³-hybridized carbons (Fsp3) is 0.706. The molecule has 6 heterocycles. The van der Waals surface area contributed by atoms with E-state index >= 15 is 0 Å². The van der Waals surface area contributed by atoms with Crippen LogP contribution in [0.25, 0.3) is 11.2 Å². The first-order valence-electron chi connectivity index (χ1n) is 10.9. The van der Waals surface area contributed by atoms with Gasteiger partial charge >= 0.3 is 21.8 Å². The third-order valence-corrected chi connectivity index (χ3v) is 8.26. The number of phosphoric acid groups is 2. The molecular formula is C17H21F3N4O12P2. The quantitative estimate of drug-likeness (QED) is 0.416. The lowest BCUT2D eigenvalue weighted by Gasteiger charge is -2.26. The van der Waals surface area contributed by atoms with Gasteiger partial charge in [0.15, 0.2) is 23.2 Å². The minimum atomic E-state index is -5.25. The van der Waals surface area contributed by atoms with Crippen LogP contribution in [0.1, 0.15) is 25.9 Å². The minimum absolute atomic E-state index is 0.428. The Morgan fingerprint density at radius 3 is 2.50 bits per heavy atom. The van der Waals surface area contributed by atoms with Gasteiger partial charge < -0.3 is 28.7 Å². The normalized spacial score (nSPS) is 36.4. The summed E-state index contributed by atoms with van der Waals surface area (Å²) in [4.78, 5) is 40.1. The monoisotopic (exact) mass is 592 g/mol. The highest BCUT2D eigenvalue weighted by Gasteiger charge is 2.58. The average Bonchev–Trinajstić information content (AvgIpc) is 3.41. The maximum Gasteiger partial charge on any atom is 0.481 e. The molecule has 2 unspecified atom stereocenters. The molecule has 6 atom stereocenters. The van der Waals surface area contributed by atoms with Crippen LogP contribution in [-0.4, -0.2) is 72.8 Å². The number of rotatable bonds is 0. The third kappa shape index (κ3) is 5.33. The molecule has 0 radical (unpaired) electrons. The summed E-state index contributed by atoms with van der Waals surface area (Å²) in [7, 11) is -10.4. The van der Waals surface area contributed by atoms with Crippen molar-refractivity contribution in [1.29, 1.82) is 0 Å². The lowest BCUT2D eigenvalue weighted by Crippen LogP contribution is -2.32. The Morgan fingerprint density at radius 1 is 1.11 bits per heavy atom. The van der Waals surface area contributed by atoms with Gasteiger partial charge in [0.25, 0.3) is 5.56 Å². The number of nitrogens with zero attached hydrogens (tertiary/aromatic N) is 4. The number of ether oxygens (including phenoxy) is 4. The zero-order valence-corrected chi connectivity index (χ0v) is 21.3. The maximum atomic E-state index is 14.1. The van der Waals surface area contributed by atoms with Crippen LogP contribution in [0.15, 0.2) is 11.1 Å². The van der Waals surface area contributed by atoms with E-state index in [-0.39, 0.29) is 0 Å². The molecule has 0 aromatic carbocycles. The summed E-state index contributed by atoms with van der Waals surface area (Å²) in [6.45, 7) is 0.501. The van der Waals surface area contributed by atoms with Crippen LogP contribution in [0.3, 0.4) is 0 Å². The smallest absolute Gasteiger partial charge is 0.358 e. The van der Waals surface area contributed by atoms with Gasteiger partial charge in [-0.1, -0.05) is 0 Å². The SMILES string of the molecule is CC1(C)O[C@@H]2[C@H](O1)[C@H]1COP(=O)(O)OP(=O)(O)OCCOCn3cnc4c(nc(C(F)(F)F)n4[C@@H]2O1)c3=O. The van der Waals surface area contributed by atoms with Crippen LogP contribution in [0.5, 0.6) is 0 Å². The maximum absolute atomic E-state index is 14.1. The molecule has 0 aliphatic carbocycles. The van der Waals surface area contributed by atoms with Crippen LogP contribution < -0.4 is 5.56 Å². The molecule has 2 saturated heterocycles. The van der Waals surface area contributed by atoms with E-state index in [0.29, 0.717) is 4.57 Å². The van der Waals surface area contributed by atoms with Gasteiger partial charge in [0.05, 0.1) is 19.8 Å². The van der Waals surface area contributed by atoms with Gasteiger partial charge in [0, 0.05) is 0 Å². The fourth-order valence-corrected chi connectivity index (χ4v) is 6.32. The van der Waals surface area contributed by atoms with Gasteiger partial charge in [-0.25, -0.2) is 19.1 Å². The number of aromatic nitrogens is 4. The second-order valence-corrected chi connectivity index (χ2v) is 11.9. The number of alkyl halides is 3. The summed E-state index contributed by atoms with van der Waals surface area (Å²) in [5.41, 5.74) is -2.09. The Hall–Kier alpha value is -1.76. The molecule has 4 aliphatic rings. The summed E-state index contributed by atoms with van der Waals surface area (Å²) in [6.07, 6.45) is -9.52. The van der Waals surface area contributed by atoms with Gasteiger partial charge in [0.1, 0.15) is 31.4 Å². The van der Waals surface area contributed by atoms with E-state index in [9.17, 15) is 36.9 Å². The molecule has 0 saturated carbocycles. The molecule has 2 aromatic heterocycles. The lowest BCUT2D eigenvalue weighted by atomic mass is 10.1. The minimum Gasteiger partial charge on any atom is -0.358 e. The molecule has 21 heteroatoms. The number of imidazole rings is 1. The molecular weight excluding hydrogens is 571 g/mol. The highest BCUT2D eigenvalue weighted by atomic mass is 31.3. The number of hydrogen-bond donors (Lipinski definition) is 2. The van der Waals surface area contributed by atoms with Crippen LogP contribution in [0.2, 0.25) is 0 Å². The van der Waals surface area contributed by atoms with Gasteiger partial charge in [-0.3, -0.25) is 23.0 Å². The van der Waals surface area contributed by atoms with Crippen LogP contribution >= 0.6 is 15.6 Å². The molecule has 2 fully saturated rings. The molecule has 2 aromatic rings. The number of fused-ring (bicyclic) bond motifs is 11. The molecule has 6 bridgehead atoms. The van der Waals surface area contributed by atoms with E-state index < -0.39 is 101 Å². The Bertz CT molecular complexity index is 1400. The van der Waals surface area contributed by atoms with Crippen LogP contribution in [0, 0.1) is 0 Å². The van der Waals surface area contributed by atoms with Crippen molar-refractivity contribution < 1.29 is 64.4 Å². The first-order valence-corrected chi connectivity index (χ1v) is 13.9. The predicted molar refractivity (Wildman–Crippen MR) is 113 cm³/mol. The summed E-state index contributed by atoms with van der Waals surface area (Å²) >= 11 is 0. The summed E-state index contributed by atoms with van der Waals surface area (Å²) in [6, 6.07) is 0. The number of phosphoric ester groups is 2. The fourth-order valence-electron chi connectivity index (χ4n) is 4.26. The number of halogens is 3. The van der Waals surface area contributed by atoms with Gasteiger partial charge in [-0.15, -0.1) is 0 Å². The molecule has 212 valence electrons. The van der Waals surface area contributed by atoms with E-state index in [0.717, 1.165) is 10.9 Å². The summed E-state index contributed by atoms with van der Waals surface area (Å²) in [5, 5.41) is 0. The molecule has 0 spiro atoms. The Morgan fingerprint density at radius 2 is 1.79 bits per heavy atom. The summed E-state index contributed by atoms with van der Waals surface area (Å²) < 4.78 is 104. The van der Waals surface area contributed by atoms with Crippen molar-refractivity contribution >= 4 is 26.8 Å². The zero-order valence-electron chi connectivity index (χ0n) is 19.5. The third-order valence-electron chi connectivity index (χ3n) is 5.62. The van der Waals surface area contributed by atoms with Gasteiger partial charge in [-0.2, -0.15) is 17.5 Å². The predicted octanol–water partition coefficient (Wildman–Crippen LogP) is 1.27. The summed E-state index contributed by atoms with van der Waals surface area (Å²) in [5.74, 6) is -2.84. The molecule has 38 heavy (non-hydrogen) atoms. The van der Waals surface area contributed by atoms with Crippen molar-refractivity contribution in [2.24, 2.45) is 0 Å². The Balaban J connectivity index is 1.63. The van der Waals surface area contributed by atoms with Crippen molar-refractivity contribution in [3.63, 3.8) is 0 Å². The Kier molecular flexibility index (Phi) is 6.89. The molecule has 6 rings (SSSR count). The second kappa shape index (κ2) is 9.42. The molecule has 16 nitrogen and oxygen atoms in total. The Labute approximate surface area is 210 Å². The van der Waals surface area contributed by atoms with E-state index in [1.54, 1.807) is 0 Å². The lowest BCUT2D eigenvalue weighted by molar-refractivity contribution is -0.203. The van der Waals surface area contributed by atoms with E-state index in [1.807, 2.05) is 0 Å².